The lowest BCUT2D eigenvalue weighted by Crippen LogP contribution is -2.15. The summed E-state index contributed by atoms with van der Waals surface area (Å²) in [7, 11) is 0. The summed E-state index contributed by atoms with van der Waals surface area (Å²) >= 11 is 3.40. The van der Waals surface area contributed by atoms with E-state index < -0.39 is 0 Å². The number of hydrogen-bond acceptors (Lipinski definition) is 3. The highest BCUT2D eigenvalue weighted by atomic mass is 79.9. The molecule has 5 heteroatoms. The Kier molecular flexibility index (Phi) is 5.33. The Morgan fingerprint density at radius 2 is 2.10 bits per heavy atom. The van der Waals surface area contributed by atoms with Crippen LogP contribution in [0, 0.1) is 0 Å². The van der Waals surface area contributed by atoms with E-state index in [4.69, 9.17) is 0 Å². The highest BCUT2D eigenvalue weighted by Crippen LogP contribution is 2.14. The summed E-state index contributed by atoms with van der Waals surface area (Å²) in [5.41, 5.74) is 1.90. The standard InChI is InChI=1S/C16H18BrN3O/c1-11(2)19-14-6-7-15(18-10-14)20-16(21)9-12-4-3-5-13(17)8-12/h3-8,10-11,19H,9H2,1-2H3,(H,18,20,21). The van der Waals surface area contributed by atoms with E-state index in [0.717, 1.165) is 15.7 Å². The fourth-order valence-electron chi connectivity index (χ4n) is 1.91. The Morgan fingerprint density at radius 1 is 1.29 bits per heavy atom. The predicted octanol–water partition coefficient (Wildman–Crippen LogP) is 3.85. The highest BCUT2D eigenvalue weighted by Gasteiger charge is 2.05. The third kappa shape index (κ3) is 5.19. The highest BCUT2D eigenvalue weighted by molar-refractivity contribution is 9.10. The second-order valence-electron chi connectivity index (χ2n) is 5.09. The Labute approximate surface area is 133 Å². The maximum absolute atomic E-state index is 12.0. The first kappa shape index (κ1) is 15.5. The smallest absolute Gasteiger partial charge is 0.229 e. The molecule has 4 nitrogen and oxygen atoms in total. The molecule has 0 aliphatic carbocycles. The molecule has 1 amide bonds. The van der Waals surface area contributed by atoms with Gasteiger partial charge in [0.2, 0.25) is 5.91 Å². The molecule has 0 unspecified atom stereocenters. The van der Waals surface area contributed by atoms with Crippen molar-refractivity contribution < 1.29 is 4.79 Å². The van der Waals surface area contributed by atoms with Crippen molar-refractivity contribution in [3.63, 3.8) is 0 Å². The summed E-state index contributed by atoms with van der Waals surface area (Å²) in [6.45, 7) is 4.13. The number of hydrogen-bond donors (Lipinski definition) is 2. The SMILES string of the molecule is CC(C)Nc1ccc(NC(=O)Cc2cccc(Br)c2)nc1. The molecule has 0 saturated carbocycles. The second kappa shape index (κ2) is 7.22. The maximum atomic E-state index is 12.0. The number of benzene rings is 1. The van der Waals surface area contributed by atoms with Gasteiger partial charge in [-0.05, 0) is 43.7 Å². The van der Waals surface area contributed by atoms with Gasteiger partial charge in [-0.3, -0.25) is 4.79 Å². The van der Waals surface area contributed by atoms with Crippen molar-refractivity contribution in [3.8, 4) is 0 Å². The fourth-order valence-corrected chi connectivity index (χ4v) is 2.35. The molecule has 2 rings (SSSR count). The first-order valence-electron chi connectivity index (χ1n) is 6.80. The molecule has 0 bridgehead atoms. The van der Waals surface area contributed by atoms with E-state index >= 15 is 0 Å². The summed E-state index contributed by atoms with van der Waals surface area (Å²) in [4.78, 5) is 16.2. The molecular formula is C16H18BrN3O. The number of anilines is 2. The third-order valence-electron chi connectivity index (χ3n) is 2.74. The summed E-state index contributed by atoms with van der Waals surface area (Å²) in [5, 5.41) is 6.05. The van der Waals surface area contributed by atoms with Gasteiger partial charge in [0.25, 0.3) is 0 Å². The van der Waals surface area contributed by atoms with Crippen LogP contribution in [-0.4, -0.2) is 16.9 Å². The molecule has 1 aromatic heterocycles. The third-order valence-corrected chi connectivity index (χ3v) is 3.23. The zero-order chi connectivity index (χ0) is 15.2. The van der Waals surface area contributed by atoms with E-state index in [2.05, 4.69) is 45.4 Å². The number of carbonyl (C=O) groups is 1. The number of aromatic nitrogens is 1. The average molecular weight is 348 g/mol. The number of rotatable bonds is 5. The predicted molar refractivity (Wildman–Crippen MR) is 89.5 cm³/mol. The van der Waals surface area contributed by atoms with Crippen LogP contribution < -0.4 is 10.6 Å². The van der Waals surface area contributed by atoms with Crippen LogP contribution in [0.25, 0.3) is 0 Å². The second-order valence-corrected chi connectivity index (χ2v) is 6.00. The molecule has 0 aliphatic rings. The molecule has 1 aromatic carbocycles. The molecule has 0 atom stereocenters. The van der Waals surface area contributed by atoms with E-state index in [-0.39, 0.29) is 5.91 Å². The first-order chi connectivity index (χ1) is 10.0. The van der Waals surface area contributed by atoms with E-state index in [1.54, 1.807) is 12.3 Å². The molecular weight excluding hydrogens is 330 g/mol. The van der Waals surface area contributed by atoms with Gasteiger partial charge >= 0.3 is 0 Å². The van der Waals surface area contributed by atoms with Gasteiger partial charge in [0.05, 0.1) is 18.3 Å². The van der Waals surface area contributed by atoms with Crippen LogP contribution >= 0.6 is 15.9 Å². The van der Waals surface area contributed by atoms with Crippen LogP contribution in [0.4, 0.5) is 11.5 Å². The van der Waals surface area contributed by atoms with Gasteiger partial charge < -0.3 is 10.6 Å². The molecule has 0 aliphatic heterocycles. The Balaban J connectivity index is 1.93. The largest absolute Gasteiger partial charge is 0.382 e. The molecule has 0 fully saturated rings. The van der Waals surface area contributed by atoms with Crippen LogP contribution in [0.2, 0.25) is 0 Å². The Morgan fingerprint density at radius 3 is 2.71 bits per heavy atom. The minimum Gasteiger partial charge on any atom is -0.382 e. The van der Waals surface area contributed by atoms with Gasteiger partial charge in [0, 0.05) is 10.5 Å². The van der Waals surface area contributed by atoms with Crippen molar-refractivity contribution in [3.05, 3.63) is 52.6 Å². The van der Waals surface area contributed by atoms with Gasteiger partial charge in [0.15, 0.2) is 0 Å². The molecule has 21 heavy (non-hydrogen) atoms. The van der Waals surface area contributed by atoms with E-state index in [1.807, 2.05) is 30.3 Å². The van der Waals surface area contributed by atoms with Crippen molar-refractivity contribution in [2.24, 2.45) is 0 Å². The Hall–Kier alpha value is -1.88. The van der Waals surface area contributed by atoms with Crippen molar-refractivity contribution >= 4 is 33.3 Å². The molecule has 1 heterocycles. The minimum atomic E-state index is -0.0785. The summed E-state index contributed by atoms with van der Waals surface area (Å²) in [6, 6.07) is 11.8. The Bertz CT molecular complexity index is 611. The van der Waals surface area contributed by atoms with Gasteiger partial charge in [-0.25, -0.2) is 4.98 Å². The lowest BCUT2D eigenvalue weighted by Gasteiger charge is -2.10. The zero-order valence-electron chi connectivity index (χ0n) is 12.1. The van der Waals surface area contributed by atoms with E-state index in [0.29, 0.717) is 18.3 Å². The summed E-state index contributed by atoms with van der Waals surface area (Å²) in [6.07, 6.45) is 2.04. The van der Waals surface area contributed by atoms with Crippen LogP contribution in [0.1, 0.15) is 19.4 Å². The maximum Gasteiger partial charge on any atom is 0.229 e. The normalized spacial score (nSPS) is 10.5. The number of nitrogens with zero attached hydrogens (tertiary/aromatic N) is 1. The van der Waals surface area contributed by atoms with Crippen molar-refractivity contribution in [1.29, 1.82) is 0 Å². The van der Waals surface area contributed by atoms with E-state index in [1.165, 1.54) is 0 Å². The number of nitrogens with one attached hydrogen (secondary N) is 2. The van der Waals surface area contributed by atoms with Crippen molar-refractivity contribution in [2.45, 2.75) is 26.3 Å². The molecule has 2 N–H and O–H groups in total. The van der Waals surface area contributed by atoms with E-state index in [9.17, 15) is 4.79 Å². The topological polar surface area (TPSA) is 54.0 Å². The van der Waals surface area contributed by atoms with Crippen LogP contribution in [0.5, 0.6) is 0 Å². The van der Waals surface area contributed by atoms with Crippen molar-refractivity contribution in [2.75, 3.05) is 10.6 Å². The summed E-state index contributed by atoms with van der Waals surface area (Å²) in [5.74, 6) is 0.481. The van der Waals surface area contributed by atoms with Crippen molar-refractivity contribution in [1.82, 2.24) is 4.98 Å². The van der Waals surface area contributed by atoms with Crippen LogP contribution in [-0.2, 0) is 11.2 Å². The lowest BCUT2D eigenvalue weighted by molar-refractivity contribution is -0.115. The molecule has 0 radical (unpaired) electrons. The lowest BCUT2D eigenvalue weighted by atomic mass is 10.1. The number of amides is 1. The number of carbonyl (C=O) groups excluding carboxylic acids is 1. The molecule has 2 aromatic rings. The molecule has 0 spiro atoms. The first-order valence-corrected chi connectivity index (χ1v) is 7.59. The minimum absolute atomic E-state index is 0.0785. The average Bonchev–Trinajstić information content (AvgIpc) is 2.40. The van der Waals surface area contributed by atoms with Gasteiger partial charge in [-0.15, -0.1) is 0 Å². The number of halogens is 1. The van der Waals surface area contributed by atoms with Gasteiger partial charge in [-0.1, -0.05) is 28.1 Å². The number of pyridine rings is 1. The molecule has 110 valence electrons. The van der Waals surface area contributed by atoms with Gasteiger partial charge in [0.1, 0.15) is 5.82 Å². The van der Waals surface area contributed by atoms with Crippen LogP contribution in [0.3, 0.4) is 0 Å². The summed E-state index contributed by atoms with van der Waals surface area (Å²) < 4.78 is 0.968. The quantitative estimate of drug-likeness (QED) is 0.863. The fraction of sp³-hybridized carbons (Fsp3) is 0.250. The molecule has 0 saturated heterocycles. The monoisotopic (exact) mass is 347 g/mol. The zero-order valence-corrected chi connectivity index (χ0v) is 13.6. The van der Waals surface area contributed by atoms with Gasteiger partial charge in [-0.2, -0.15) is 0 Å². The van der Waals surface area contributed by atoms with Crippen LogP contribution in [0.15, 0.2) is 47.1 Å².